The van der Waals surface area contributed by atoms with E-state index in [2.05, 4.69) is 44.7 Å². The number of piperazine rings is 1. The van der Waals surface area contributed by atoms with Crippen LogP contribution in [0.25, 0.3) is 5.69 Å². The zero-order valence-corrected chi connectivity index (χ0v) is 17.9. The topological polar surface area (TPSA) is 95.6 Å². The number of anilines is 2. The molecule has 8 heteroatoms. The maximum atomic E-state index is 12.3. The van der Waals surface area contributed by atoms with E-state index in [0.717, 1.165) is 38.4 Å². The first-order chi connectivity index (χ1) is 15.6. The molecule has 166 valence electrons. The van der Waals surface area contributed by atoms with Crippen LogP contribution in [-0.4, -0.2) is 60.7 Å². The van der Waals surface area contributed by atoms with Gasteiger partial charge in [0.1, 0.15) is 0 Å². The van der Waals surface area contributed by atoms with Gasteiger partial charge >= 0.3 is 6.03 Å². The van der Waals surface area contributed by atoms with Crippen molar-refractivity contribution in [2.45, 2.75) is 0 Å². The monoisotopic (exact) mass is 432 g/mol. The first-order valence-electron chi connectivity index (χ1n) is 10.7. The Morgan fingerprint density at radius 2 is 1.66 bits per heavy atom. The Morgan fingerprint density at radius 1 is 0.906 bits per heavy atom. The number of hydrogen-bond acceptors (Lipinski definition) is 4. The Hall–Kier alpha value is -3.78. The van der Waals surface area contributed by atoms with Crippen LogP contribution in [0.15, 0.2) is 73.1 Å². The average Bonchev–Trinajstić information content (AvgIpc) is 3.31. The van der Waals surface area contributed by atoms with E-state index in [9.17, 15) is 9.59 Å². The number of amides is 3. The molecule has 2 heterocycles. The Kier molecular flexibility index (Phi) is 6.72. The molecule has 4 N–H and O–H groups in total. The number of aromatic nitrogens is 1. The molecule has 32 heavy (non-hydrogen) atoms. The van der Waals surface area contributed by atoms with E-state index in [1.807, 2.05) is 30.3 Å². The molecular weight excluding hydrogens is 404 g/mol. The van der Waals surface area contributed by atoms with Gasteiger partial charge in [0.25, 0.3) is 0 Å². The van der Waals surface area contributed by atoms with Crippen LogP contribution < -0.4 is 21.3 Å². The van der Waals surface area contributed by atoms with Crippen molar-refractivity contribution in [3.8, 4) is 5.69 Å². The van der Waals surface area contributed by atoms with Gasteiger partial charge in [-0.1, -0.05) is 24.3 Å². The minimum atomic E-state index is -0.473. The van der Waals surface area contributed by atoms with Crippen LogP contribution in [0.4, 0.5) is 16.2 Å². The fraction of sp³-hybridized carbons (Fsp3) is 0.250. The van der Waals surface area contributed by atoms with Gasteiger partial charge in [-0.25, -0.2) is 4.79 Å². The maximum Gasteiger partial charge on any atom is 0.319 e. The molecule has 1 aromatic heterocycles. The number of nitrogens with zero attached hydrogens (tertiary/aromatic N) is 3. The van der Waals surface area contributed by atoms with Crippen LogP contribution in [0, 0.1) is 0 Å². The van der Waals surface area contributed by atoms with Gasteiger partial charge in [0.2, 0.25) is 5.91 Å². The number of urea groups is 1. The second-order valence-corrected chi connectivity index (χ2v) is 7.77. The minimum absolute atomic E-state index is 0.240. The molecule has 3 amide bonds. The van der Waals surface area contributed by atoms with Gasteiger partial charge in [0.05, 0.1) is 5.56 Å². The summed E-state index contributed by atoms with van der Waals surface area (Å²) < 4.78 is 1.79. The summed E-state index contributed by atoms with van der Waals surface area (Å²) in [5.41, 5.74) is 8.51. The van der Waals surface area contributed by atoms with E-state index >= 15 is 0 Å². The molecule has 3 aromatic rings. The van der Waals surface area contributed by atoms with Crippen molar-refractivity contribution in [2.24, 2.45) is 5.73 Å². The molecular formula is C24H28N6O2. The van der Waals surface area contributed by atoms with Crippen LogP contribution in [0.1, 0.15) is 10.4 Å². The van der Waals surface area contributed by atoms with Crippen LogP contribution in [0.5, 0.6) is 0 Å². The lowest BCUT2D eigenvalue weighted by Crippen LogP contribution is -2.48. The van der Waals surface area contributed by atoms with E-state index in [1.165, 1.54) is 5.69 Å². The lowest BCUT2D eigenvalue weighted by atomic mass is 10.2. The van der Waals surface area contributed by atoms with Crippen molar-refractivity contribution in [3.05, 3.63) is 78.6 Å². The van der Waals surface area contributed by atoms with Gasteiger partial charge < -0.3 is 25.8 Å². The molecule has 0 spiro atoms. The van der Waals surface area contributed by atoms with Crippen molar-refractivity contribution >= 4 is 23.3 Å². The number of carbonyl (C=O) groups excluding carboxylic acids is 2. The zero-order chi connectivity index (χ0) is 22.3. The molecule has 0 unspecified atom stereocenters. The molecule has 4 rings (SSSR count). The lowest BCUT2D eigenvalue weighted by molar-refractivity contribution is 0.100. The number of benzene rings is 2. The predicted octanol–water partition coefficient (Wildman–Crippen LogP) is 2.52. The number of hydrogen-bond donors (Lipinski definition) is 3. The van der Waals surface area contributed by atoms with Gasteiger partial charge in [0, 0.05) is 68.7 Å². The Balaban J connectivity index is 1.21. The molecule has 1 fully saturated rings. The molecule has 0 bridgehead atoms. The summed E-state index contributed by atoms with van der Waals surface area (Å²) in [4.78, 5) is 28.4. The third kappa shape index (κ3) is 5.47. The van der Waals surface area contributed by atoms with Crippen molar-refractivity contribution in [1.29, 1.82) is 0 Å². The quantitative estimate of drug-likeness (QED) is 0.535. The van der Waals surface area contributed by atoms with Crippen LogP contribution in [0.2, 0.25) is 0 Å². The highest BCUT2D eigenvalue weighted by molar-refractivity contribution is 5.92. The third-order valence-corrected chi connectivity index (χ3v) is 5.59. The largest absolute Gasteiger partial charge is 0.369 e. The second-order valence-electron chi connectivity index (χ2n) is 7.77. The maximum absolute atomic E-state index is 12.3. The Labute approximate surface area is 187 Å². The van der Waals surface area contributed by atoms with E-state index in [1.54, 1.807) is 23.0 Å². The van der Waals surface area contributed by atoms with E-state index < -0.39 is 5.91 Å². The number of carbonyl (C=O) groups is 2. The van der Waals surface area contributed by atoms with Gasteiger partial charge in [0.15, 0.2) is 0 Å². The molecule has 1 aliphatic rings. The summed E-state index contributed by atoms with van der Waals surface area (Å²) in [6.45, 7) is 5.32. The Bertz CT molecular complexity index is 1060. The first-order valence-corrected chi connectivity index (χ1v) is 10.7. The van der Waals surface area contributed by atoms with Gasteiger partial charge in [-0.05, 0) is 36.4 Å². The third-order valence-electron chi connectivity index (χ3n) is 5.59. The number of para-hydroxylation sites is 1. The van der Waals surface area contributed by atoms with Crippen LogP contribution in [-0.2, 0) is 0 Å². The number of nitrogens with one attached hydrogen (secondary N) is 2. The number of rotatable bonds is 7. The molecule has 0 atom stereocenters. The summed E-state index contributed by atoms with van der Waals surface area (Å²) in [6, 6.07) is 19.3. The summed E-state index contributed by atoms with van der Waals surface area (Å²) in [5, 5.41) is 5.79. The summed E-state index contributed by atoms with van der Waals surface area (Å²) in [7, 11) is 0. The molecule has 0 aliphatic carbocycles. The summed E-state index contributed by atoms with van der Waals surface area (Å²) in [5.74, 6) is -0.473. The molecule has 2 aromatic carbocycles. The SMILES string of the molecule is NC(=O)c1ccn(-c2cccc(NC(=O)NCCN3CCN(c4ccccc4)CC3)c2)c1. The minimum Gasteiger partial charge on any atom is -0.369 e. The zero-order valence-electron chi connectivity index (χ0n) is 17.9. The average molecular weight is 433 g/mol. The second kappa shape index (κ2) is 10.0. The van der Waals surface area contributed by atoms with Gasteiger partial charge in [-0.15, -0.1) is 0 Å². The fourth-order valence-corrected chi connectivity index (χ4v) is 3.82. The van der Waals surface area contributed by atoms with Crippen molar-refractivity contribution in [1.82, 2.24) is 14.8 Å². The highest BCUT2D eigenvalue weighted by Crippen LogP contribution is 2.17. The molecule has 1 aliphatic heterocycles. The molecule has 0 saturated carbocycles. The van der Waals surface area contributed by atoms with Crippen LogP contribution >= 0.6 is 0 Å². The standard InChI is InChI=1S/C24H28N6O2/c25-23(31)19-9-11-30(18-19)22-8-4-5-20(17-22)27-24(32)26-10-12-28-13-15-29(16-14-28)21-6-2-1-3-7-21/h1-9,11,17-18H,10,12-16H2,(H2,25,31)(H2,26,27,32). The van der Waals surface area contributed by atoms with Gasteiger partial charge in [-0.3, -0.25) is 9.69 Å². The first kappa shape index (κ1) is 21.5. The van der Waals surface area contributed by atoms with Crippen LogP contribution in [0.3, 0.4) is 0 Å². The van der Waals surface area contributed by atoms with E-state index in [-0.39, 0.29) is 6.03 Å². The molecule has 8 nitrogen and oxygen atoms in total. The van der Waals surface area contributed by atoms with Crippen molar-refractivity contribution in [2.75, 3.05) is 49.5 Å². The predicted molar refractivity (Wildman–Crippen MR) is 126 cm³/mol. The highest BCUT2D eigenvalue weighted by Gasteiger charge is 2.16. The lowest BCUT2D eigenvalue weighted by Gasteiger charge is -2.36. The summed E-state index contributed by atoms with van der Waals surface area (Å²) >= 11 is 0. The fourth-order valence-electron chi connectivity index (χ4n) is 3.82. The number of primary amides is 1. The van der Waals surface area contributed by atoms with E-state index in [0.29, 0.717) is 17.8 Å². The normalized spacial score (nSPS) is 14.2. The Morgan fingerprint density at radius 3 is 2.38 bits per heavy atom. The van der Waals surface area contributed by atoms with Crippen molar-refractivity contribution < 1.29 is 9.59 Å². The number of nitrogens with two attached hydrogens (primary N) is 1. The summed E-state index contributed by atoms with van der Waals surface area (Å²) in [6.07, 6.45) is 3.43. The van der Waals surface area contributed by atoms with E-state index in [4.69, 9.17) is 5.73 Å². The highest BCUT2D eigenvalue weighted by atomic mass is 16.2. The molecule has 1 saturated heterocycles. The van der Waals surface area contributed by atoms with Gasteiger partial charge in [-0.2, -0.15) is 0 Å². The van der Waals surface area contributed by atoms with Crippen molar-refractivity contribution in [3.63, 3.8) is 0 Å². The smallest absolute Gasteiger partial charge is 0.319 e. The molecule has 0 radical (unpaired) electrons.